The Morgan fingerprint density at radius 2 is 2.18 bits per heavy atom. The van der Waals surface area contributed by atoms with Gasteiger partial charge in [-0.1, -0.05) is 0 Å². The molecule has 2 rings (SSSR count). The first kappa shape index (κ1) is 11.9. The van der Waals surface area contributed by atoms with Crippen LogP contribution >= 0.6 is 11.3 Å². The summed E-state index contributed by atoms with van der Waals surface area (Å²) in [5, 5.41) is 0. The molecular weight excluding hydrogens is 238 g/mol. The molecule has 0 saturated heterocycles. The zero-order valence-electron chi connectivity index (χ0n) is 9.92. The van der Waals surface area contributed by atoms with E-state index in [1.54, 1.807) is 13.0 Å². The molecule has 0 fully saturated rings. The molecule has 2 aromatic rings. The smallest absolute Gasteiger partial charge is 0.341 e. The fraction of sp³-hybridized carbons (Fsp3) is 0.333. The van der Waals surface area contributed by atoms with Crippen LogP contribution in [0.2, 0.25) is 0 Å². The van der Waals surface area contributed by atoms with Crippen LogP contribution in [0.15, 0.2) is 6.07 Å². The number of aromatic nitrogens is 1. The summed E-state index contributed by atoms with van der Waals surface area (Å²) in [6.07, 6.45) is 0. The lowest BCUT2D eigenvalue weighted by Crippen LogP contribution is -2.05. The minimum absolute atomic E-state index is 0.00654. The van der Waals surface area contributed by atoms with Crippen LogP contribution in [0.3, 0.4) is 0 Å². The van der Waals surface area contributed by atoms with Gasteiger partial charge in [0.1, 0.15) is 0 Å². The Balaban J connectivity index is 2.57. The molecule has 0 unspecified atom stereocenters. The topological polar surface area (TPSA) is 59.2 Å². The van der Waals surface area contributed by atoms with Crippen LogP contribution in [0.1, 0.15) is 39.6 Å². The fourth-order valence-corrected chi connectivity index (χ4v) is 2.83. The number of thiophene rings is 1. The van der Waals surface area contributed by atoms with E-state index in [-0.39, 0.29) is 11.8 Å². The number of carbonyl (C=O) groups is 2. The minimum atomic E-state index is -0.340. The Morgan fingerprint density at radius 1 is 1.47 bits per heavy atom. The largest absolute Gasteiger partial charge is 0.462 e. The highest BCUT2D eigenvalue weighted by Gasteiger charge is 2.20. The summed E-state index contributed by atoms with van der Waals surface area (Å²) < 4.78 is 5.81. The maximum Gasteiger partial charge on any atom is 0.341 e. The summed E-state index contributed by atoms with van der Waals surface area (Å²) in [5.41, 5.74) is 2.14. The molecule has 1 N–H and O–H groups in total. The third-order valence-electron chi connectivity index (χ3n) is 2.48. The number of ether oxygens (including phenoxy) is 1. The van der Waals surface area contributed by atoms with Crippen LogP contribution in [0.25, 0.3) is 10.2 Å². The summed E-state index contributed by atoms with van der Waals surface area (Å²) in [6, 6.07) is 1.78. The second kappa shape index (κ2) is 4.33. The van der Waals surface area contributed by atoms with Gasteiger partial charge in [-0.3, -0.25) is 4.79 Å². The van der Waals surface area contributed by atoms with Gasteiger partial charge in [0.05, 0.1) is 27.3 Å². The van der Waals surface area contributed by atoms with Crippen molar-refractivity contribution < 1.29 is 14.3 Å². The summed E-state index contributed by atoms with van der Waals surface area (Å²) in [6.45, 7) is 5.45. The van der Waals surface area contributed by atoms with Crippen molar-refractivity contribution in [3.63, 3.8) is 0 Å². The van der Waals surface area contributed by atoms with Crippen LogP contribution in [0.5, 0.6) is 0 Å². The molecule has 0 aliphatic carbocycles. The number of carbonyl (C=O) groups excluding carboxylic acids is 2. The van der Waals surface area contributed by atoms with Crippen LogP contribution < -0.4 is 0 Å². The zero-order chi connectivity index (χ0) is 12.6. The Kier molecular flexibility index (Phi) is 3.02. The third-order valence-corrected chi connectivity index (χ3v) is 3.74. The molecule has 2 heterocycles. The van der Waals surface area contributed by atoms with Crippen LogP contribution in [0.4, 0.5) is 0 Å². The number of aromatic amines is 1. The highest BCUT2D eigenvalue weighted by molar-refractivity contribution is 7.21. The first-order valence-corrected chi connectivity index (χ1v) is 6.16. The van der Waals surface area contributed by atoms with Gasteiger partial charge in [-0.2, -0.15) is 0 Å². The van der Waals surface area contributed by atoms with E-state index >= 15 is 0 Å². The molecule has 2 aromatic heterocycles. The molecule has 0 bridgehead atoms. The van der Waals surface area contributed by atoms with Crippen molar-refractivity contribution in [1.29, 1.82) is 0 Å². The van der Waals surface area contributed by atoms with Gasteiger partial charge in [-0.25, -0.2) is 4.79 Å². The van der Waals surface area contributed by atoms with Gasteiger partial charge in [-0.15, -0.1) is 11.3 Å². The van der Waals surface area contributed by atoms with E-state index in [0.717, 1.165) is 15.9 Å². The standard InChI is InChI=1S/C12H13NO3S/c1-4-16-12(15)10-6(2)13-8-5-9(7(3)14)17-11(8)10/h5,13H,4H2,1-3H3. The minimum Gasteiger partial charge on any atom is -0.462 e. The van der Waals surface area contributed by atoms with E-state index in [1.807, 2.05) is 6.92 Å². The average molecular weight is 251 g/mol. The van der Waals surface area contributed by atoms with Gasteiger partial charge >= 0.3 is 5.97 Å². The van der Waals surface area contributed by atoms with E-state index in [9.17, 15) is 9.59 Å². The molecule has 17 heavy (non-hydrogen) atoms. The van der Waals surface area contributed by atoms with Crippen molar-refractivity contribution in [2.45, 2.75) is 20.8 Å². The number of hydrogen-bond donors (Lipinski definition) is 1. The monoisotopic (exact) mass is 251 g/mol. The summed E-state index contributed by atoms with van der Waals surface area (Å²) in [7, 11) is 0. The Hall–Kier alpha value is -1.62. The molecule has 0 saturated carbocycles. The van der Waals surface area contributed by atoms with Crippen molar-refractivity contribution in [3.05, 3.63) is 22.2 Å². The normalized spacial score (nSPS) is 10.8. The SMILES string of the molecule is CCOC(=O)c1c(C)[nH]c2cc(C(C)=O)sc12. The average Bonchev–Trinajstić information content (AvgIpc) is 2.73. The number of aryl methyl sites for hydroxylation is 1. The lowest BCUT2D eigenvalue weighted by molar-refractivity contribution is 0.0528. The predicted molar refractivity (Wildman–Crippen MR) is 66.9 cm³/mol. The molecule has 0 spiro atoms. The van der Waals surface area contributed by atoms with Gasteiger partial charge in [0.25, 0.3) is 0 Å². The first-order chi connectivity index (χ1) is 8.04. The second-order valence-corrected chi connectivity index (χ2v) is 4.81. The van der Waals surface area contributed by atoms with Crippen molar-refractivity contribution in [2.75, 3.05) is 6.61 Å². The summed E-state index contributed by atoms with van der Waals surface area (Å²) in [4.78, 5) is 26.8. The van der Waals surface area contributed by atoms with Crippen LogP contribution in [-0.4, -0.2) is 23.3 Å². The van der Waals surface area contributed by atoms with Crippen molar-refractivity contribution in [3.8, 4) is 0 Å². The lowest BCUT2D eigenvalue weighted by Gasteiger charge is -2.00. The van der Waals surface area contributed by atoms with Crippen molar-refractivity contribution in [2.24, 2.45) is 0 Å². The Bertz CT molecular complexity index is 594. The molecule has 0 aliphatic heterocycles. The fourth-order valence-electron chi connectivity index (χ4n) is 1.73. The highest BCUT2D eigenvalue weighted by Crippen LogP contribution is 2.31. The molecule has 0 radical (unpaired) electrons. The molecule has 0 aliphatic rings. The molecule has 5 heteroatoms. The summed E-state index contributed by atoms with van der Waals surface area (Å²) >= 11 is 1.33. The third kappa shape index (κ3) is 1.98. The molecule has 90 valence electrons. The van der Waals surface area contributed by atoms with E-state index in [0.29, 0.717) is 17.0 Å². The van der Waals surface area contributed by atoms with Gasteiger partial charge in [0.2, 0.25) is 0 Å². The van der Waals surface area contributed by atoms with E-state index in [1.165, 1.54) is 18.3 Å². The highest BCUT2D eigenvalue weighted by atomic mass is 32.1. The number of ketones is 1. The van der Waals surface area contributed by atoms with E-state index < -0.39 is 0 Å². The molecule has 0 amide bonds. The van der Waals surface area contributed by atoms with Gasteiger partial charge in [0, 0.05) is 5.69 Å². The zero-order valence-corrected chi connectivity index (χ0v) is 10.7. The second-order valence-electron chi connectivity index (χ2n) is 3.76. The number of rotatable bonds is 3. The van der Waals surface area contributed by atoms with Gasteiger partial charge in [0.15, 0.2) is 5.78 Å². The number of hydrogen-bond acceptors (Lipinski definition) is 4. The van der Waals surface area contributed by atoms with Crippen molar-refractivity contribution >= 4 is 33.3 Å². The Morgan fingerprint density at radius 3 is 2.76 bits per heavy atom. The van der Waals surface area contributed by atoms with Crippen LogP contribution in [0, 0.1) is 6.92 Å². The predicted octanol–water partition coefficient (Wildman–Crippen LogP) is 2.92. The number of H-pyrrole nitrogens is 1. The molecule has 4 nitrogen and oxygen atoms in total. The molecule has 0 atom stereocenters. The van der Waals surface area contributed by atoms with E-state index in [4.69, 9.17) is 4.74 Å². The van der Waals surface area contributed by atoms with Gasteiger partial charge in [-0.05, 0) is 26.8 Å². The first-order valence-electron chi connectivity index (χ1n) is 5.34. The Labute approximate surface area is 103 Å². The van der Waals surface area contributed by atoms with Crippen LogP contribution in [-0.2, 0) is 4.74 Å². The number of Topliss-reactive ketones (excluding diaryl/α,β-unsaturated/α-hetero) is 1. The summed E-state index contributed by atoms with van der Waals surface area (Å²) in [5.74, 6) is -0.333. The lowest BCUT2D eigenvalue weighted by atomic mass is 10.2. The number of fused-ring (bicyclic) bond motifs is 1. The van der Waals surface area contributed by atoms with Crippen molar-refractivity contribution in [1.82, 2.24) is 4.98 Å². The quantitative estimate of drug-likeness (QED) is 0.674. The van der Waals surface area contributed by atoms with E-state index in [2.05, 4.69) is 4.98 Å². The van der Waals surface area contributed by atoms with Gasteiger partial charge < -0.3 is 9.72 Å². The molecular formula is C12H13NO3S. The molecule has 0 aromatic carbocycles. The maximum atomic E-state index is 11.8. The number of nitrogens with one attached hydrogen (secondary N) is 1. The number of esters is 1. The maximum absolute atomic E-state index is 11.8.